The van der Waals surface area contributed by atoms with Crippen molar-refractivity contribution in [1.82, 2.24) is 5.16 Å². The summed E-state index contributed by atoms with van der Waals surface area (Å²) in [4.78, 5) is 41.6. The van der Waals surface area contributed by atoms with E-state index in [9.17, 15) is 40.2 Å². The fraction of sp³-hybridized carbons (Fsp3) is 0.765. The molecule has 0 radical (unpaired) electrons. The number of hydrogen-bond donors (Lipinski definition) is 2. The van der Waals surface area contributed by atoms with Crippen LogP contribution in [-0.4, -0.2) is 69.7 Å². The van der Waals surface area contributed by atoms with Gasteiger partial charge in [0.2, 0.25) is 24.0 Å². The van der Waals surface area contributed by atoms with Crippen LogP contribution in [0.1, 0.15) is 37.9 Å². The van der Waals surface area contributed by atoms with Crippen LogP contribution in [0.2, 0.25) is 0 Å². The zero-order valence-electron chi connectivity index (χ0n) is 18.3. The monoisotopic (exact) mass is 460 g/mol. The summed E-state index contributed by atoms with van der Waals surface area (Å²) < 4.78 is 5.02. The lowest BCUT2D eigenvalue weighted by atomic mass is 9.85. The van der Waals surface area contributed by atoms with Gasteiger partial charge in [-0.1, -0.05) is 5.16 Å². The van der Waals surface area contributed by atoms with E-state index in [0.717, 1.165) is 24.3 Å². The van der Waals surface area contributed by atoms with Crippen molar-refractivity contribution in [2.75, 3.05) is 25.0 Å². The smallest absolute Gasteiger partial charge is 0.281 e. The van der Waals surface area contributed by atoms with Crippen LogP contribution in [0, 0.1) is 44.2 Å². The Bertz CT molecular complexity index is 801. The van der Waals surface area contributed by atoms with E-state index in [-0.39, 0.29) is 5.91 Å². The minimum Gasteiger partial charge on any atom is -0.842 e. The lowest BCUT2D eigenvalue weighted by molar-refractivity contribution is -0.888. The lowest BCUT2D eigenvalue weighted by Gasteiger charge is -2.33. The van der Waals surface area contributed by atoms with Crippen LogP contribution in [-0.2, 0) is 4.79 Å². The van der Waals surface area contributed by atoms with Crippen LogP contribution in [0.25, 0.3) is 0 Å². The summed E-state index contributed by atoms with van der Waals surface area (Å²) in [5.41, 5.74) is 1.70. The van der Waals surface area contributed by atoms with Gasteiger partial charge >= 0.3 is 0 Å². The van der Waals surface area contributed by atoms with Crippen molar-refractivity contribution in [3.05, 3.63) is 41.6 Å². The molecule has 1 aliphatic rings. The van der Waals surface area contributed by atoms with E-state index in [2.05, 4.69) is 24.3 Å². The highest BCUT2D eigenvalue weighted by Gasteiger charge is 2.48. The van der Waals surface area contributed by atoms with E-state index in [4.69, 9.17) is 4.52 Å². The maximum atomic E-state index is 11.7. The van der Waals surface area contributed by atoms with Gasteiger partial charge < -0.3 is 14.5 Å². The second kappa shape index (κ2) is 12.0. The highest BCUT2D eigenvalue weighted by molar-refractivity contribution is 5.90. The summed E-state index contributed by atoms with van der Waals surface area (Å²) in [7, 11) is 0. The van der Waals surface area contributed by atoms with E-state index < -0.39 is 51.8 Å². The van der Waals surface area contributed by atoms with Gasteiger partial charge in [-0.3, -0.25) is 40.5 Å². The van der Waals surface area contributed by atoms with Crippen molar-refractivity contribution >= 4 is 11.8 Å². The Hall–Kier alpha value is -3.20. The zero-order chi connectivity index (χ0) is 24.6. The van der Waals surface area contributed by atoms with Crippen molar-refractivity contribution in [2.24, 2.45) is 0 Å². The number of aromatic nitrogens is 1. The Morgan fingerprint density at radius 1 is 1.06 bits per heavy atom. The van der Waals surface area contributed by atoms with Gasteiger partial charge in [-0.15, -0.1) is 0 Å². The molecule has 2 rings (SSSR count). The van der Waals surface area contributed by atoms with E-state index in [1.165, 1.54) is 4.90 Å². The van der Waals surface area contributed by atoms with Crippen molar-refractivity contribution in [2.45, 2.75) is 64.8 Å². The molecular weight excluding hydrogens is 432 g/mol. The van der Waals surface area contributed by atoms with Crippen LogP contribution >= 0.6 is 0 Å². The van der Waals surface area contributed by atoms with Gasteiger partial charge in [-0.05, 0) is 27.7 Å². The fourth-order valence-electron chi connectivity index (χ4n) is 3.19. The fourth-order valence-corrected chi connectivity index (χ4v) is 3.19. The molecule has 1 saturated carbocycles. The largest absolute Gasteiger partial charge is 0.842 e. The van der Waals surface area contributed by atoms with Crippen molar-refractivity contribution in [1.29, 1.82) is 0 Å². The third-order valence-electron chi connectivity index (χ3n) is 5.45. The molecule has 1 aliphatic carbocycles. The number of carbonyl (C=O) groups excluding carboxylic acids is 1. The van der Waals surface area contributed by atoms with E-state index in [0.29, 0.717) is 12.4 Å². The molecule has 0 spiro atoms. The summed E-state index contributed by atoms with van der Waals surface area (Å²) in [6.45, 7) is 10.2. The normalized spacial score (nSPS) is 22.6. The van der Waals surface area contributed by atoms with Crippen LogP contribution in [0.4, 0.5) is 5.88 Å². The number of nitro groups is 3. The molecule has 1 amide bonds. The molecule has 2 unspecified atom stereocenters. The molecule has 2 atom stereocenters. The minimum absolute atomic E-state index is 0.0297. The minimum atomic E-state index is -2.03. The molecule has 0 aromatic carbocycles. The van der Waals surface area contributed by atoms with Gasteiger partial charge in [-0.2, -0.15) is 0 Å². The quantitative estimate of drug-likeness (QED) is 0.342. The van der Waals surface area contributed by atoms with Gasteiger partial charge in [0, 0.05) is 26.4 Å². The molecule has 1 aromatic rings. The Kier molecular flexibility index (Phi) is 10.1. The zero-order valence-corrected chi connectivity index (χ0v) is 18.3. The maximum absolute atomic E-state index is 11.7. The second-order valence-corrected chi connectivity index (χ2v) is 7.48. The highest BCUT2D eigenvalue weighted by atomic mass is 16.6. The molecule has 180 valence electrons. The number of nitrogens with zero attached hydrogens (tertiary/aromatic N) is 4. The van der Waals surface area contributed by atoms with Crippen molar-refractivity contribution in [3.63, 3.8) is 0 Å². The maximum Gasteiger partial charge on any atom is 0.281 e. The molecule has 0 aliphatic heterocycles. The first-order valence-corrected chi connectivity index (χ1v) is 10.0. The number of quaternary nitrogens is 1. The predicted octanol–water partition coefficient (Wildman–Crippen LogP) is -1.40. The third kappa shape index (κ3) is 7.19. The first kappa shape index (κ1) is 26.8. The number of hydrogen-bond acceptors (Lipinski definition) is 10. The Labute approximate surface area is 183 Å². The standard InChI is InChI=1S/C11H19N3O2.C6H8N3O7/c1-5-14(6-2)7-10(15)12-11-8(3)9(4)13-16-11;10-6-4(8(13)14)1-3(7(11)12)2-5(6)9(15)16/h5-7H2,1-4H3,(H,12,15);3-6H,1-2H2/q;-1/p+1. The van der Waals surface area contributed by atoms with E-state index >= 15 is 0 Å². The average molecular weight is 460 g/mol. The summed E-state index contributed by atoms with van der Waals surface area (Å²) in [5.74, 6) is 0.437. The number of likely N-dealkylation sites (N-methyl/N-ethyl adjacent to an activating group) is 1. The summed E-state index contributed by atoms with van der Waals surface area (Å²) in [5, 5.41) is 49.3. The molecule has 0 bridgehead atoms. The number of anilines is 1. The molecule has 15 nitrogen and oxygen atoms in total. The van der Waals surface area contributed by atoms with Crippen LogP contribution in [0.15, 0.2) is 4.52 Å². The van der Waals surface area contributed by atoms with Gasteiger partial charge in [0.05, 0.1) is 31.6 Å². The number of rotatable bonds is 8. The second-order valence-electron chi connectivity index (χ2n) is 7.48. The number of amides is 1. The number of nitrogens with one attached hydrogen (secondary N) is 2. The molecule has 1 heterocycles. The number of aryl methyl sites for hydroxylation is 1. The molecule has 2 N–H and O–H groups in total. The Morgan fingerprint density at radius 2 is 1.56 bits per heavy atom. The summed E-state index contributed by atoms with van der Waals surface area (Å²) in [6, 6.07) is -4.92. The van der Waals surface area contributed by atoms with Crippen LogP contribution < -0.4 is 15.3 Å². The lowest BCUT2D eigenvalue weighted by Crippen LogP contribution is -3.12. The molecular formula is C17H28N6O9. The van der Waals surface area contributed by atoms with Gasteiger partial charge in [-0.25, -0.2) is 0 Å². The van der Waals surface area contributed by atoms with Gasteiger partial charge in [0.15, 0.2) is 6.54 Å². The van der Waals surface area contributed by atoms with Gasteiger partial charge in [0.25, 0.3) is 5.91 Å². The first-order chi connectivity index (χ1) is 14.9. The first-order valence-electron chi connectivity index (χ1n) is 10.0. The molecule has 15 heteroatoms. The summed E-state index contributed by atoms with van der Waals surface area (Å²) >= 11 is 0. The van der Waals surface area contributed by atoms with Crippen LogP contribution in [0.3, 0.4) is 0 Å². The highest BCUT2D eigenvalue weighted by Crippen LogP contribution is 2.24. The molecule has 1 fully saturated rings. The van der Waals surface area contributed by atoms with E-state index in [1.807, 2.05) is 13.8 Å². The Morgan fingerprint density at radius 3 is 1.91 bits per heavy atom. The van der Waals surface area contributed by atoms with E-state index in [1.54, 1.807) is 0 Å². The third-order valence-corrected chi connectivity index (χ3v) is 5.45. The van der Waals surface area contributed by atoms with Crippen LogP contribution in [0.5, 0.6) is 0 Å². The topological polar surface area (TPSA) is 212 Å². The average Bonchev–Trinajstić information content (AvgIpc) is 3.04. The SMILES string of the molecule is CC[NH+](CC)CC(=O)Nc1onc(C)c1C.O=[N+]([O-])C1CC([N+](=O)[O-])C([O-])C([N+](=O)[O-])C1. The van der Waals surface area contributed by atoms with Gasteiger partial charge in [0.1, 0.15) is 0 Å². The molecule has 0 saturated heterocycles. The Balaban J connectivity index is 0.000000320. The number of carbonyl (C=O) groups is 1. The molecule has 32 heavy (non-hydrogen) atoms. The van der Waals surface area contributed by atoms with Crippen molar-refractivity contribution in [3.8, 4) is 0 Å². The molecule has 1 aromatic heterocycles. The summed E-state index contributed by atoms with van der Waals surface area (Å²) in [6.07, 6.45) is -3.11. The predicted molar refractivity (Wildman–Crippen MR) is 107 cm³/mol. The van der Waals surface area contributed by atoms with Crippen molar-refractivity contribution < 1.29 is 34.1 Å².